The predicted molar refractivity (Wildman–Crippen MR) is 100 cm³/mol. The summed E-state index contributed by atoms with van der Waals surface area (Å²) >= 11 is 7.86. The zero-order valence-corrected chi connectivity index (χ0v) is 16.0. The van der Waals surface area contributed by atoms with Crippen LogP contribution in [0.1, 0.15) is 72.8 Å². The van der Waals surface area contributed by atoms with Crippen LogP contribution < -0.4 is 0 Å². The van der Waals surface area contributed by atoms with E-state index in [-0.39, 0.29) is 11.5 Å². The molecule has 2 rings (SSSR count). The Morgan fingerprint density at radius 2 is 1.96 bits per heavy atom. The largest absolute Gasteiger partial charge is 0.477 e. The van der Waals surface area contributed by atoms with Crippen LogP contribution in [0.15, 0.2) is 12.1 Å². The minimum absolute atomic E-state index is 0.0779. The van der Waals surface area contributed by atoms with E-state index in [9.17, 15) is 9.90 Å². The Morgan fingerprint density at radius 3 is 2.62 bits per heavy atom. The third-order valence-corrected chi connectivity index (χ3v) is 6.83. The Labute approximate surface area is 154 Å². The number of aromatic carboxylic acids is 1. The van der Waals surface area contributed by atoms with E-state index in [1.165, 1.54) is 37.0 Å². The van der Waals surface area contributed by atoms with Gasteiger partial charge in [-0.05, 0) is 56.1 Å². The van der Waals surface area contributed by atoms with Gasteiger partial charge in [-0.1, -0.05) is 32.6 Å². The van der Waals surface area contributed by atoms with Crippen molar-refractivity contribution in [3.8, 4) is 0 Å². The van der Waals surface area contributed by atoms with Crippen LogP contribution in [0.3, 0.4) is 0 Å². The average Bonchev–Trinajstić information content (AvgIpc) is 3.10. The van der Waals surface area contributed by atoms with Gasteiger partial charge >= 0.3 is 5.97 Å². The van der Waals surface area contributed by atoms with Crippen LogP contribution in [0.5, 0.6) is 0 Å². The third-order valence-electron chi connectivity index (χ3n) is 5.20. The van der Waals surface area contributed by atoms with Gasteiger partial charge in [0, 0.05) is 10.3 Å². The van der Waals surface area contributed by atoms with Crippen molar-refractivity contribution in [2.75, 3.05) is 0 Å². The van der Waals surface area contributed by atoms with Crippen molar-refractivity contribution >= 4 is 28.9 Å². The first-order valence-corrected chi connectivity index (χ1v) is 10.4. The summed E-state index contributed by atoms with van der Waals surface area (Å²) in [6, 6.07) is 3.60. The minimum atomic E-state index is -0.849. The fraction of sp³-hybridized carbons (Fsp3) is 0.737. The van der Waals surface area contributed by atoms with E-state index in [2.05, 4.69) is 6.92 Å². The van der Waals surface area contributed by atoms with Gasteiger partial charge in [-0.2, -0.15) is 0 Å². The molecule has 24 heavy (non-hydrogen) atoms. The number of unbranched alkanes of at least 4 members (excludes halogenated alkanes) is 3. The fourth-order valence-electron chi connectivity index (χ4n) is 3.88. The first-order chi connectivity index (χ1) is 11.5. The second kappa shape index (κ2) is 9.79. The van der Waals surface area contributed by atoms with Gasteiger partial charge in [0.1, 0.15) is 4.88 Å². The number of alkyl halides is 1. The Hall–Kier alpha value is -0.580. The van der Waals surface area contributed by atoms with Crippen LogP contribution in [-0.2, 0) is 6.42 Å². The molecule has 0 saturated heterocycles. The van der Waals surface area contributed by atoms with Crippen molar-refractivity contribution in [2.45, 2.75) is 76.2 Å². The molecule has 4 atom stereocenters. The Kier molecular flexibility index (Phi) is 8.05. The maximum atomic E-state index is 10.9. The van der Waals surface area contributed by atoms with Crippen molar-refractivity contribution in [3.63, 3.8) is 0 Å². The van der Waals surface area contributed by atoms with Crippen LogP contribution in [0.2, 0.25) is 0 Å². The summed E-state index contributed by atoms with van der Waals surface area (Å²) in [4.78, 5) is 12.5. The summed E-state index contributed by atoms with van der Waals surface area (Å²) in [6.45, 7) is 2.21. The number of thiophene rings is 1. The molecule has 1 aliphatic carbocycles. The number of aliphatic hydroxyl groups is 1. The lowest BCUT2D eigenvalue weighted by Gasteiger charge is -2.23. The lowest BCUT2D eigenvalue weighted by molar-refractivity contribution is 0.0702. The van der Waals surface area contributed by atoms with Gasteiger partial charge in [-0.3, -0.25) is 0 Å². The molecule has 0 aliphatic heterocycles. The van der Waals surface area contributed by atoms with E-state index in [0.717, 1.165) is 30.6 Å². The van der Waals surface area contributed by atoms with Crippen molar-refractivity contribution < 1.29 is 15.0 Å². The molecule has 0 amide bonds. The van der Waals surface area contributed by atoms with Crippen molar-refractivity contribution in [2.24, 2.45) is 11.8 Å². The second-order valence-corrected chi connectivity index (χ2v) is 8.69. The number of carbonyl (C=O) groups is 1. The molecule has 1 fully saturated rings. The second-order valence-electron chi connectivity index (χ2n) is 6.96. The number of hydrogen-bond acceptors (Lipinski definition) is 3. The van der Waals surface area contributed by atoms with Gasteiger partial charge in [0.25, 0.3) is 0 Å². The molecular formula is C19H29ClO3S. The van der Waals surface area contributed by atoms with Crippen LogP contribution in [-0.4, -0.2) is 27.7 Å². The number of carboxylic acids is 1. The van der Waals surface area contributed by atoms with Crippen LogP contribution in [0.25, 0.3) is 0 Å². The molecule has 1 aliphatic rings. The maximum absolute atomic E-state index is 10.9. The summed E-state index contributed by atoms with van der Waals surface area (Å²) in [7, 11) is 0. The third kappa shape index (κ3) is 5.47. The highest BCUT2D eigenvalue weighted by molar-refractivity contribution is 7.13. The van der Waals surface area contributed by atoms with Gasteiger partial charge in [-0.15, -0.1) is 22.9 Å². The van der Waals surface area contributed by atoms with Gasteiger partial charge < -0.3 is 10.2 Å². The van der Waals surface area contributed by atoms with Gasteiger partial charge in [0.2, 0.25) is 0 Å². The smallest absolute Gasteiger partial charge is 0.345 e. The zero-order chi connectivity index (χ0) is 17.5. The number of hydrogen-bond donors (Lipinski definition) is 2. The molecule has 0 aromatic carbocycles. The molecule has 1 saturated carbocycles. The van der Waals surface area contributed by atoms with E-state index in [1.54, 1.807) is 6.07 Å². The van der Waals surface area contributed by atoms with E-state index in [0.29, 0.717) is 23.1 Å². The maximum Gasteiger partial charge on any atom is 0.345 e. The summed E-state index contributed by atoms with van der Waals surface area (Å²) < 4.78 is 0. The summed E-state index contributed by atoms with van der Waals surface area (Å²) in [5, 5.41) is 19.4. The average molecular weight is 373 g/mol. The molecule has 1 heterocycles. The molecule has 5 heteroatoms. The van der Waals surface area contributed by atoms with E-state index >= 15 is 0 Å². The van der Waals surface area contributed by atoms with Gasteiger partial charge in [-0.25, -0.2) is 4.79 Å². The van der Waals surface area contributed by atoms with Gasteiger partial charge in [0.15, 0.2) is 0 Å². The number of aryl methyl sites for hydroxylation is 1. The number of rotatable bonds is 10. The Bertz CT molecular complexity index is 516. The van der Waals surface area contributed by atoms with E-state index in [4.69, 9.17) is 16.7 Å². The van der Waals surface area contributed by atoms with Crippen molar-refractivity contribution in [1.29, 1.82) is 0 Å². The van der Waals surface area contributed by atoms with Crippen LogP contribution in [0.4, 0.5) is 0 Å². The SMILES string of the molecule is CCCCCC[C@@H]1[C@@H](CCCc2ccc(C(=O)O)s2)[C@@H](Cl)C[C@H]1O. The van der Waals surface area contributed by atoms with Crippen molar-refractivity contribution in [3.05, 3.63) is 21.9 Å². The molecular weight excluding hydrogens is 344 g/mol. The Balaban J connectivity index is 1.80. The summed E-state index contributed by atoms with van der Waals surface area (Å²) in [6.07, 6.45) is 9.39. The van der Waals surface area contributed by atoms with E-state index < -0.39 is 5.97 Å². The first kappa shape index (κ1) is 19.7. The summed E-state index contributed by atoms with van der Waals surface area (Å²) in [5.41, 5.74) is 0. The predicted octanol–water partition coefficient (Wildman–Crippen LogP) is 5.34. The fourth-order valence-corrected chi connectivity index (χ4v) is 5.27. The molecule has 136 valence electrons. The Morgan fingerprint density at radius 1 is 1.21 bits per heavy atom. The number of aliphatic hydroxyl groups excluding tert-OH is 1. The highest BCUT2D eigenvalue weighted by Crippen LogP contribution is 2.42. The van der Waals surface area contributed by atoms with Crippen molar-refractivity contribution in [1.82, 2.24) is 0 Å². The standard InChI is InChI=1S/C19H29ClO3S/c1-2-3-4-5-8-15-14(16(20)12-17(15)21)9-6-7-13-10-11-18(24-13)19(22)23/h10-11,14-17,21H,2-9,12H2,1H3,(H,22,23)/t14-,15-,16+,17-/m1/s1. The molecule has 2 N–H and O–H groups in total. The quantitative estimate of drug-likeness (QED) is 0.430. The van der Waals surface area contributed by atoms with Crippen LogP contribution in [0, 0.1) is 11.8 Å². The molecule has 3 nitrogen and oxygen atoms in total. The van der Waals surface area contributed by atoms with Gasteiger partial charge in [0.05, 0.1) is 6.10 Å². The monoisotopic (exact) mass is 372 g/mol. The molecule has 0 radical (unpaired) electrons. The van der Waals surface area contributed by atoms with Crippen LogP contribution >= 0.6 is 22.9 Å². The zero-order valence-electron chi connectivity index (χ0n) is 14.4. The van der Waals surface area contributed by atoms with E-state index in [1.807, 2.05) is 6.07 Å². The lowest BCUT2D eigenvalue weighted by Crippen LogP contribution is -2.21. The molecule has 1 aromatic rings. The highest BCUT2D eigenvalue weighted by Gasteiger charge is 2.40. The number of halogens is 1. The highest BCUT2D eigenvalue weighted by atomic mass is 35.5. The molecule has 0 spiro atoms. The topological polar surface area (TPSA) is 57.5 Å². The molecule has 0 bridgehead atoms. The number of carboxylic acid groups (broad SMARTS) is 1. The molecule has 0 unspecified atom stereocenters. The molecule has 1 aromatic heterocycles. The normalized spacial score (nSPS) is 26.8. The lowest BCUT2D eigenvalue weighted by atomic mass is 9.86. The first-order valence-electron chi connectivity index (χ1n) is 9.17. The summed E-state index contributed by atoms with van der Waals surface area (Å²) in [5.74, 6) is -0.123. The minimum Gasteiger partial charge on any atom is -0.477 e.